The summed E-state index contributed by atoms with van der Waals surface area (Å²) >= 11 is 0. The molecule has 0 spiro atoms. The van der Waals surface area contributed by atoms with Gasteiger partial charge in [0.25, 0.3) is 11.4 Å². The van der Waals surface area contributed by atoms with E-state index in [0.29, 0.717) is 5.69 Å². The maximum atomic E-state index is 11.4. The number of rotatable bonds is 6. The number of nitro groups is 2. The Morgan fingerprint density at radius 3 is 2.12 bits per heavy atom. The Morgan fingerprint density at radius 1 is 1.08 bits per heavy atom. The molecule has 0 fully saturated rings. The highest BCUT2D eigenvalue weighted by atomic mass is 16.6. The second-order valence-electron chi connectivity index (χ2n) is 5.61. The number of carboxylic acid groups (broad SMARTS) is 1. The topological polar surface area (TPSA) is 136 Å². The number of carboxylic acids is 1. The number of non-ortho nitro benzene ring substituents is 1. The molecule has 0 aliphatic rings. The second kappa shape index (κ2) is 6.95. The van der Waals surface area contributed by atoms with Gasteiger partial charge in [-0.3, -0.25) is 20.2 Å². The van der Waals surface area contributed by atoms with Crippen LogP contribution in [0.4, 0.5) is 22.7 Å². The summed E-state index contributed by atoms with van der Waals surface area (Å²) in [6.45, 7) is 4.01. The van der Waals surface area contributed by atoms with Gasteiger partial charge in [-0.05, 0) is 23.6 Å². The minimum Gasteiger partial charge on any atom is -0.478 e. The molecule has 0 aromatic heterocycles. The van der Waals surface area contributed by atoms with Crippen LogP contribution >= 0.6 is 0 Å². The molecule has 0 bridgehead atoms. The van der Waals surface area contributed by atoms with Crippen molar-refractivity contribution >= 4 is 28.7 Å². The van der Waals surface area contributed by atoms with Crippen LogP contribution in [0.2, 0.25) is 0 Å². The maximum Gasteiger partial charge on any atom is 0.338 e. The standard InChI is InChI=1S/C16H15N3O6/c1-9(2)10-3-5-11(6-4-10)17-15-13(16(20)21)7-12(18(22)23)8-14(15)19(24)25/h3-9,17H,1-2H3,(H,20,21). The van der Waals surface area contributed by atoms with Crippen LogP contribution in [0.15, 0.2) is 36.4 Å². The third-order valence-corrected chi connectivity index (χ3v) is 3.59. The van der Waals surface area contributed by atoms with E-state index >= 15 is 0 Å². The van der Waals surface area contributed by atoms with Gasteiger partial charge in [0.1, 0.15) is 5.69 Å². The van der Waals surface area contributed by atoms with Crippen molar-refractivity contribution in [3.05, 3.63) is 67.8 Å². The molecule has 130 valence electrons. The normalized spacial score (nSPS) is 10.5. The van der Waals surface area contributed by atoms with Gasteiger partial charge in [0.2, 0.25) is 0 Å². The largest absolute Gasteiger partial charge is 0.478 e. The van der Waals surface area contributed by atoms with Crippen molar-refractivity contribution in [2.75, 3.05) is 5.32 Å². The van der Waals surface area contributed by atoms with Gasteiger partial charge in [-0.15, -0.1) is 0 Å². The highest BCUT2D eigenvalue weighted by Gasteiger charge is 2.27. The lowest BCUT2D eigenvalue weighted by Crippen LogP contribution is -2.07. The summed E-state index contributed by atoms with van der Waals surface area (Å²) in [6, 6.07) is 8.46. The molecule has 2 aromatic carbocycles. The first-order chi connectivity index (χ1) is 11.7. The molecule has 0 atom stereocenters. The summed E-state index contributed by atoms with van der Waals surface area (Å²) in [5.74, 6) is -1.22. The van der Waals surface area contributed by atoms with Gasteiger partial charge in [0.15, 0.2) is 0 Å². The molecule has 9 nitrogen and oxygen atoms in total. The fourth-order valence-electron chi connectivity index (χ4n) is 2.26. The van der Waals surface area contributed by atoms with Gasteiger partial charge in [0, 0.05) is 11.8 Å². The van der Waals surface area contributed by atoms with Gasteiger partial charge in [-0.1, -0.05) is 26.0 Å². The Hall–Kier alpha value is -3.49. The third kappa shape index (κ3) is 3.89. The van der Waals surface area contributed by atoms with Crippen LogP contribution in [-0.4, -0.2) is 20.9 Å². The van der Waals surface area contributed by atoms with Crippen LogP contribution in [0.5, 0.6) is 0 Å². The van der Waals surface area contributed by atoms with Crippen molar-refractivity contribution in [3.63, 3.8) is 0 Å². The molecule has 0 amide bonds. The van der Waals surface area contributed by atoms with Crippen LogP contribution in [0, 0.1) is 20.2 Å². The van der Waals surface area contributed by atoms with E-state index in [2.05, 4.69) is 5.32 Å². The number of nitrogens with one attached hydrogen (secondary N) is 1. The number of hydrogen-bond donors (Lipinski definition) is 2. The maximum absolute atomic E-state index is 11.4. The smallest absolute Gasteiger partial charge is 0.338 e. The molecule has 0 radical (unpaired) electrons. The predicted octanol–water partition coefficient (Wildman–Crippen LogP) is 4.07. The van der Waals surface area contributed by atoms with Gasteiger partial charge >= 0.3 is 5.97 Å². The van der Waals surface area contributed by atoms with E-state index in [4.69, 9.17) is 0 Å². The lowest BCUT2D eigenvalue weighted by atomic mass is 10.0. The van der Waals surface area contributed by atoms with E-state index in [9.17, 15) is 30.1 Å². The zero-order valence-electron chi connectivity index (χ0n) is 13.4. The number of aromatic carboxylic acids is 1. The molecule has 2 rings (SSSR count). The quantitative estimate of drug-likeness (QED) is 0.595. The van der Waals surface area contributed by atoms with Gasteiger partial charge in [-0.25, -0.2) is 4.79 Å². The van der Waals surface area contributed by atoms with Crippen molar-refractivity contribution < 1.29 is 19.7 Å². The third-order valence-electron chi connectivity index (χ3n) is 3.59. The number of carbonyl (C=O) groups is 1. The van der Waals surface area contributed by atoms with Gasteiger partial charge in [-0.2, -0.15) is 0 Å². The van der Waals surface area contributed by atoms with E-state index in [1.54, 1.807) is 12.1 Å². The zero-order valence-corrected chi connectivity index (χ0v) is 13.4. The summed E-state index contributed by atoms with van der Waals surface area (Å²) in [5, 5.41) is 34.1. The number of nitro benzene ring substituents is 2. The van der Waals surface area contributed by atoms with E-state index in [1.165, 1.54) is 0 Å². The van der Waals surface area contributed by atoms with Crippen molar-refractivity contribution in [2.24, 2.45) is 0 Å². The van der Waals surface area contributed by atoms with Crippen molar-refractivity contribution in [3.8, 4) is 0 Å². The van der Waals surface area contributed by atoms with E-state index < -0.39 is 32.8 Å². The summed E-state index contributed by atoms with van der Waals surface area (Å²) in [6.07, 6.45) is 0. The predicted molar refractivity (Wildman–Crippen MR) is 90.5 cm³/mol. The molecule has 0 aliphatic carbocycles. The number of hydrogen-bond acceptors (Lipinski definition) is 6. The van der Waals surface area contributed by atoms with Crippen LogP contribution in [0.25, 0.3) is 0 Å². The minimum absolute atomic E-state index is 0.289. The number of nitrogens with zero attached hydrogens (tertiary/aromatic N) is 2. The molecule has 0 aliphatic heterocycles. The van der Waals surface area contributed by atoms with Crippen molar-refractivity contribution in [1.82, 2.24) is 0 Å². The Bertz CT molecular complexity index is 810. The van der Waals surface area contributed by atoms with Crippen molar-refractivity contribution in [2.45, 2.75) is 19.8 Å². The Labute approximate surface area is 142 Å². The first-order valence-electron chi connectivity index (χ1n) is 7.27. The molecule has 0 heterocycles. The summed E-state index contributed by atoms with van der Waals surface area (Å²) in [5.41, 5.74) is -0.718. The van der Waals surface area contributed by atoms with Crippen LogP contribution in [0.1, 0.15) is 35.7 Å². The molecule has 9 heteroatoms. The number of benzene rings is 2. The number of anilines is 2. The van der Waals surface area contributed by atoms with Gasteiger partial charge < -0.3 is 10.4 Å². The second-order valence-corrected chi connectivity index (χ2v) is 5.61. The first kappa shape index (κ1) is 17.9. The van der Waals surface area contributed by atoms with Crippen LogP contribution < -0.4 is 5.32 Å². The fraction of sp³-hybridized carbons (Fsp3) is 0.188. The first-order valence-corrected chi connectivity index (χ1v) is 7.27. The van der Waals surface area contributed by atoms with Crippen molar-refractivity contribution in [1.29, 1.82) is 0 Å². The van der Waals surface area contributed by atoms with E-state index in [-0.39, 0.29) is 11.6 Å². The molecule has 0 unspecified atom stereocenters. The molecule has 25 heavy (non-hydrogen) atoms. The Morgan fingerprint density at radius 2 is 1.68 bits per heavy atom. The molecular weight excluding hydrogens is 330 g/mol. The van der Waals surface area contributed by atoms with E-state index in [1.807, 2.05) is 26.0 Å². The highest BCUT2D eigenvalue weighted by molar-refractivity contribution is 5.99. The molecule has 2 aromatic rings. The van der Waals surface area contributed by atoms with Gasteiger partial charge in [0.05, 0.1) is 21.5 Å². The average molecular weight is 345 g/mol. The lowest BCUT2D eigenvalue weighted by Gasteiger charge is -2.12. The SMILES string of the molecule is CC(C)c1ccc(Nc2c(C(=O)O)cc([N+](=O)[O-])cc2[N+](=O)[O-])cc1. The zero-order chi connectivity index (χ0) is 18.7. The summed E-state index contributed by atoms with van der Waals surface area (Å²) in [4.78, 5) is 31.8. The molecule has 0 saturated carbocycles. The Balaban J connectivity index is 2.56. The van der Waals surface area contributed by atoms with Crippen LogP contribution in [-0.2, 0) is 0 Å². The van der Waals surface area contributed by atoms with E-state index in [0.717, 1.165) is 17.7 Å². The molecular formula is C16H15N3O6. The minimum atomic E-state index is -1.51. The monoisotopic (exact) mass is 345 g/mol. The Kier molecular flexibility index (Phi) is 4.97. The highest BCUT2D eigenvalue weighted by Crippen LogP contribution is 2.35. The lowest BCUT2D eigenvalue weighted by molar-refractivity contribution is -0.393. The molecule has 0 saturated heterocycles. The fourth-order valence-corrected chi connectivity index (χ4v) is 2.26. The van der Waals surface area contributed by atoms with Crippen LogP contribution in [0.3, 0.4) is 0 Å². The summed E-state index contributed by atoms with van der Waals surface area (Å²) in [7, 11) is 0. The summed E-state index contributed by atoms with van der Waals surface area (Å²) < 4.78 is 0. The average Bonchev–Trinajstić information content (AvgIpc) is 2.54. The molecule has 2 N–H and O–H groups in total.